The van der Waals surface area contributed by atoms with Crippen LogP contribution >= 0.6 is 0 Å². The molecule has 7 nitrogen and oxygen atoms in total. The zero-order chi connectivity index (χ0) is 19.5. The number of nitrogens with zero attached hydrogens (tertiary/aromatic N) is 2. The number of nitrogens with one attached hydrogen (secondary N) is 2. The molecule has 0 spiro atoms. The highest BCUT2D eigenvalue weighted by atomic mass is 19.1. The van der Waals surface area contributed by atoms with Crippen molar-refractivity contribution in [3.8, 4) is 0 Å². The standard InChI is InChI=1S/C20H17FN4O3/c21-14-8-6-13-7-9-15(18(26)23-16(13)11-14)22-19(27)20-25-24-17(28-20)10-12-4-2-1-3-5-12/h1-6,8,11,15H,7,9-10H2,(H,22,27)(H,23,26). The second-order valence-electron chi connectivity index (χ2n) is 6.52. The van der Waals surface area contributed by atoms with E-state index >= 15 is 0 Å². The first-order valence-electron chi connectivity index (χ1n) is 8.85. The number of carbonyl (C=O) groups excluding carboxylic acids is 2. The lowest BCUT2D eigenvalue weighted by molar-refractivity contribution is -0.118. The molecule has 142 valence electrons. The number of anilines is 1. The van der Waals surface area contributed by atoms with Crippen molar-refractivity contribution in [1.29, 1.82) is 0 Å². The highest BCUT2D eigenvalue weighted by molar-refractivity contribution is 6.00. The number of carbonyl (C=O) groups is 2. The van der Waals surface area contributed by atoms with Crippen LogP contribution in [0.4, 0.5) is 10.1 Å². The molecule has 2 N–H and O–H groups in total. The van der Waals surface area contributed by atoms with Crippen LogP contribution in [-0.2, 0) is 17.6 Å². The molecule has 1 atom stereocenters. The van der Waals surface area contributed by atoms with Crippen molar-refractivity contribution in [2.75, 3.05) is 5.32 Å². The predicted octanol–water partition coefficient (Wildman–Crippen LogP) is 2.48. The molecule has 4 rings (SSSR count). The van der Waals surface area contributed by atoms with Crippen LogP contribution in [0.5, 0.6) is 0 Å². The van der Waals surface area contributed by atoms with E-state index in [4.69, 9.17) is 4.42 Å². The van der Waals surface area contributed by atoms with Crippen LogP contribution in [0.15, 0.2) is 52.9 Å². The minimum atomic E-state index is -0.785. The van der Waals surface area contributed by atoms with E-state index in [1.165, 1.54) is 12.1 Å². The smallest absolute Gasteiger partial charge is 0.309 e. The predicted molar refractivity (Wildman–Crippen MR) is 98.2 cm³/mol. The molecule has 0 fully saturated rings. The number of hydrogen-bond donors (Lipinski definition) is 2. The van der Waals surface area contributed by atoms with Crippen molar-refractivity contribution in [3.63, 3.8) is 0 Å². The summed E-state index contributed by atoms with van der Waals surface area (Å²) in [6.07, 6.45) is 1.30. The number of benzene rings is 2. The average Bonchev–Trinajstić information content (AvgIpc) is 3.09. The fraction of sp³-hybridized carbons (Fsp3) is 0.200. The van der Waals surface area contributed by atoms with Gasteiger partial charge >= 0.3 is 11.8 Å². The zero-order valence-electron chi connectivity index (χ0n) is 14.8. The van der Waals surface area contributed by atoms with Gasteiger partial charge in [0.2, 0.25) is 11.8 Å². The fourth-order valence-corrected chi connectivity index (χ4v) is 3.08. The molecule has 0 radical (unpaired) electrons. The molecule has 2 aromatic carbocycles. The Morgan fingerprint density at radius 3 is 2.86 bits per heavy atom. The van der Waals surface area contributed by atoms with Crippen molar-refractivity contribution in [2.45, 2.75) is 25.3 Å². The van der Waals surface area contributed by atoms with Crippen molar-refractivity contribution in [2.24, 2.45) is 0 Å². The Labute approximate surface area is 160 Å². The molecule has 3 aromatic rings. The van der Waals surface area contributed by atoms with Crippen LogP contribution < -0.4 is 10.6 Å². The summed E-state index contributed by atoms with van der Waals surface area (Å²) >= 11 is 0. The Morgan fingerprint density at radius 1 is 1.21 bits per heavy atom. The Balaban J connectivity index is 1.42. The lowest BCUT2D eigenvalue weighted by Crippen LogP contribution is -2.43. The monoisotopic (exact) mass is 380 g/mol. The summed E-state index contributed by atoms with van der Waals surface area (Å²) < 4.78 is 18.8. The van der Waals surface area contributed by atoms with Gasteiger partial charge in [0.1, 0.15) is 11.9 Å². The third-order valence-electron chi connectivity index (χ3n) is 4.51. The second-order valence-corrected chi connectivity index (χ2v) is 6.52. The number of aryl methyl sites for hydroxylation is 1. The number of amides is 2. The molecule has 28 heavy (non-hydrogen) atoms. The summed E-state index contributed by atoms with van der Waals surface area (Å²) in [6.45, 7) is 0. The summed E-state index contributed by atoms with van der Waals surface area (Å²) in [7, 11) is 0. The average molecular weight is 380 g/mol. The number of rotatable bonds is 4. The first kappa shape index (κ1) is 17.8. The molecule has 1 aliphatic heterocycles. The Bertz CT molecular complexity index is 1020. The first-order valence-corrected chi connectivity index (χ1v) is 8.85. The van der Waals surface area contributed by atoms with E-state index in [1.54, 1.807) is 6.07 Å². The van der Waals surface area contributed by atoms with Gasteiger partial charge in [0.25, 0.3) is 0 Å². The largest absolute Gasteiger partial charge is 0.417 e. The van der Waals surface area contributed by atoms with Gasteiger partial charge in [-0.3, -0.25) is 9.59 Å². The van der Waals surface area contributed by atoms with E-state index in [9.17, 15) is 14.0 Å². The van der Waals surface area contributed by atoms with Crippen LogP contribution in [0.2, 0.25) is 0 Å². The van der Waals surface area contributed by atoms with E-state index in [-0.39, 0.29) is 5.89 Å². The van der Waals surface area contributed by atoms with E-state index < -0.39 is 23.7 Å². The molecule has 2 heterocycles. The third-order valence-corrected chi connectivity index (χ3v) is 4.51. The summed E-state index contributed by atoms with van der Waals surface area (Å²) in [6, 6.07) is 13.0. The maximum absolute atomic E-state index is 13.4. The van der Waals surface area contributed by atoms with Gasteiger partial charge < -0.3 is 15.1 Å². The molecule has 1 aliphatic rings. The molecule has 0 bridgehead atoms. The molecule has 1 aromatic heterocycles. The molecule has 8 heteroatoms. The number of fused-ring (bicyclic) bond motifs is 1. The van der Waals surface area contributed by atoms with Crippen molar-refractivity contribution >= 4 is 17.5 Å². The summed E-state index contributed by atoms with van der Waals surface area (Å²) in [5.41, 5.74) is 2.21. The van der Waals surface area contributed by atoms with E-state index in [0.717, 1.165) is 11.1 Å². The first-order chi connectivity index (χ1) is 13.6. The Hall–Kier alpha value is -3.55. The van der Waals surface area contributed by atoms with Gasteiger partial charge in [-0.15, -0.1) is 10.2 Å². The van der Waals surface area contributed by atoms with Gasteiger partial charge in [0.05, 0.1) is 6.42 Å². The summed E-state index contributed by atoms with van der Waals surface area (Å²) in [4.78, 5) is 24.8. The third kappa shape index (κ3) is 3.90. The van der Waals surface area contributed by atoms with Crippen molar-refractivity contribution in [3.05, 3.63) is 77.3 Å². The van der Waals surface area contributed by atoms with Gasteiger partial charge in [0.15, 0.2) is 0 Å². The van der Waals surface area contributed by atoms with Crippen molar-refractivity contribution < 1.29 is 18.4 Å². The molecular formula is C20H17FN4O3. The topological polar surface area (TPSA) is 97.1 Å². The molecular weight excluding hydrogens is 363 g/mol. The van der Waals surface area contributed by atoms with Crippen LogP contribution in [0, 0.1) is 5.82 Å². The normalized spacial score (nSPS) is 16.0. The van der Waals surface area contributed by atoms with Gasteiger partial charge in [0, 0.05) is 5.69 Å². The molecule has 0 saturated heterocycles. The Kier molecular flexibility index (Phi) is 4.84. The van der Waals surface area contributed by atoms with Gasteiger partial charge in [-0.25, -0.2) is 4.39 Å². The van der Waals surface area contributed by atoms with Gasteiger partial charge in [-0.2, -0.15) is 0 Å². The van der Waals surface area contributed by atoms with Gasteiger partial charge in [-0.05, 0) is 36.1 Å². The highest BCUT2D eigenvalue weighted by Gasteiger charge is 2.27. The van der Waals surface area contributed by atoms with E-state index in [2.05, 4.69) is 20.8 Å². The van der Waals surface area contributed by atoms with Crippen molar-refractivity contribution in [1.82, 2.24) is 15.5 Å². The van der Waals surface area contributed by atoms with Crippen LogP contribution in [0.25, 0.3) is 0 Å². The quantitative estimate of drug-likeness (QED) is 0.725. The molecule has 1 unspecified atom stereocenters. The Morgan fingerprint density at radius 2 is 2.04 bits per heavy atom. The lowest BCUT2D eigenvalue weighted by Gasteiger charge is -2.13. The molecule has 0 aliphatic carbocycles. The van der Waals surface area contributed by atoms with Gasteiger partial charge in [-0.1, -0.05) is 36.4 Å². The highest BCUT2D eigenvalue weighted by Crippen LogP contribution is 2.23. The summed E-state index contributed by atoms with van der Waals surface area (Å²) in [5, 5.41) is 12.9. The fourth-order valence-electron chi connectivity index (χ4n) is 3.08. The number of halogens is 1. The lowest BCUT2D eigenvalue weighted by atomic mass is 10.1. The molecule has 2 amide bonds. The minimum Gasteiger partial charge on any atom is -0.417 e. The number of aromatic nitrogens is 2. The number of hydrogen-bond acceptors (Lipinski definition) is 5. The molecule has 0 saturated carbocycles. The second kappa shape index (κ2) is 7.59. The van der Waals surface area contributed by atoms with Crippen LogP contribution in [-0.4, -0.2) is 28.1 Å². The SMILES string of the molecule is O=C(NC1CCc2ccc(F)cc2NC1=O)c1nnc(Cc2ccccc2)o1. The van der Waals surface area contributed by atoms with E-state index in [0.29, 0.717) is 30.8 Å². The summed E-state index contributed by atoms with van der Waals surface area (Å²) in [5.74, 6) is -1.36. The van der Waals surface area contributed by atoms with E-state index in [1.807, 2.05) is 30.3 Å². The zero-order valence-corrected chi connectivity index (χ0v) is 14.8. The van der Waals surface area contributed by atoms with Crippen LogP contribution in [0.1, 0.15) is 34.1 Å². The minimum absolute atomic E-state index is 0.202. The van der Waals surface area contributed by atoms with Crippen LogP contribution in [0.3, 0.4) is 0 Å². The maximum Gasteiger partial charge on any atom is 0.309 e. The maximum atomic E-state index is 13.4.